The predicted octanol–water partition coefficient (Wildman–Crippen LogP) is 3.69. The number of ether oxygens (including phenoxy) is 3. The summed E-state index contributed by atoms with van der Waals surface area (Å²) in [5.74, 6) is 3.14. The minimum Gasteiger partial charge on any atom is -0.493 e. The Morgan fingerprint density at radius 1 is 1.04 bits per heavy atom. The second kappa shape index (κ2) is 7.70. The molecule has 6 nitrogen and oxygen atoms in total. The Bertz CT molecular complexity index is 917. The van der Waals surface area contributed by atoms with Gasteiger partial charge in [-0.05, 0) is 37.1 Å². The van der Waals surface area contributed by atoms with Crippen molar-refractivity contribution in [3.05, 3.63) is 48.7 Å². The van der Waals surface area contributed by atoms with E-state index in [0.29, 0.717) is 11.5 Å². The molecule has 1 aliphatic heterocycles. The van der Waals surface area contributed by atoms with Gasteiger partial charge >= 0.3 is 0 Å². The summed E-state index contributed by atoms with van der Waals surface area (Å²) in [7, 11) is 3.28. The quantitative estimate of drug-likeness (QED) is 0.687. The third-order valence-corrected chi connectivity index (χ3v) is 4.87. The van der Waals surface area contributed by atoms with E-state index in [1.807, 2.05) is 42.5 Å². The second-order valence-corrected chi connectivity index (χ2v) is 6.60. The fourth-order valence-electron chi connectivity index (χ4n) is 3.55. The zero-order valence-electron chi connectivity index (χ0n) is 15.6. The van der Waals surface area contributed by atoms with E-state index in [9.17, 15) is 0 Å². The number of hydrogen-bond donors (Lipinski definition) is 0. The van der Waals surface area contributed by atoms with Crippen molar-refractivity contribution in [2.24, 2.45) is 0 Å². The number of rotatable bonds is 5. The summed E-state index contributed by atoms with van der Waals surface area (Å²) in [5, 5.41) is 10.6. The maximum absolute atomic E-state index is 6.17. The molecular formula is C21H23N3O3. The smallest absolute Gasteiger partial charge is 0.161 e. The van der Waals surface area contributed by atoms with Gasteiger partial charge in [-0.25, -0.2) is 0 Å². The molecule has 6 heteroatoms. The maximum Gasteiger partial charge on any atom is 0.161 e. The van der Waals surface area contributed by atoms with Crippen molar-refractivity contribution < 1.29 is 14.2 Å². The predicted molar refractivity (Wildman–Crippen MR) is 105 cm³/mol. The van der Waals surface area contributed by atoms with Gasteiger partial charge in [0, 0.05) is 17.3 Å². The van der Waals surface area contributed by atoms with Gasteiger partial charge in [0.1, 0.15) is 11.9 Å². The number of aromatic nitrogens is 2. The monoisotopic (exact) mass is 365 g/mol. The van der Waals surface area contributed by atoms with Crippen molar-refractivity contribution in [1.29, 1.82) is 0 Å². The molecule has 0 amide bonds. The van der Waals surface area contributed by atoms with E-state index in [2.05, 4.69) is 15.1 Å². The van der Waals surface area contributed by atoms with Crippen LogP contribution in [0.25, 0.3) is 10.8 Å². The molecule has 1 aromatic heterocycles. The number of piperidine rings is 1. The van der Waals surface area contributed by atoms with Crippen molar-refractivity contribution in [2.45, 2.75) is 18.9 Å². The largest absolute Gasteiger partial charge is 0.493 e. The van der Waals surface area contributed by atoms with Gasteiger partial charge in [0.05, 0.1) is 27.0 Å². The van der Waals surface area contributed by atoms with Crippen LogP contribution in [0.2, 0.25) is 0 Å². The van der Waals surface area contributed by atoms with Crippen LogP contribution in [-0.4, -0.2) is 43.6 Å². The minimum absolute atomic E-state index is 0.123. The van der Waals surface area contributed by atoms with Crippen molar-refractivity contribution in [2.75, 3.05) is 32.2 Å². The fraction of sp³-hybridized carbons (Fsp3) is 0.333. The number of hydrogen-bond acceptors (Lipinski definition) is 6. The summed E-state index contributed by atoms with van der Waals surface area (Å²) in [5.41, 5.74) is 0. The molecular weight excluding hydrogens is 342 g/mol. The Kier molecular flexibility index (Phi) is 4.96. The first-order chi connectivity index (χ1) is 13.3. The highest BCUT2D eigenvalue weighted by Gasteiger charge is 2.24. The van der Waals surface area contributed by atoms with Crippen LogP contribution < -0.4 is 19.1 Å². The van der Waals surface area contributed by atoms with Crippen LogP contribution in [-0.2, 0) is 0 Å². The molecule has 0 bridgehead atoms. The molecule has 3 aromatic rings. The first-order valence-electron chi connectivity index (χ1n) is 9.12. The van der Waals surface area contributed by atoms with Crippen LogP contribution in [0.4, 0.5) is 5.82 Å². The van der Waals surface area contributed by atoms with Gasteiger partial charge in [0.15, 0.2) is 17.3 Å². The Balaban J connectivity index is 1.63. The van der Waals surface area contributed by atoms with Crippen LogP contribution in [0.3, 0.4) is 0 Å². The van der Waals surface area contributed by atoms with E-state index in [4.69, 9.17) is 14.2 Å². The van der Waals surface area contributed by atoms with Gasteiger partial charge in [0.25, 0.3) is 0 Å². The molecule has 2 heterocycles. The standard InChI is InChI=1S/C21H23N3O3/c1-25-19-11-15-13-22-23-21(18(15)12-20(19)26-2)24-10-6-9-17(14-24)27-16-7-4-3-5-8-16/h3-5,7-8,11-13,17H,6,9-10,14H2,1-2H3. The molecule has 0 N–H and O–H groups in total. The number of anilines is 1. The summed E-state index contributed by atoms with van der Waals surface area (Å²) in [6.07, 6.45) is 3.95. The zero-order chi connectivity index (χ0) is 18.6. The molecule has 1 unspecified atom stereocenters. The van der Waals surface area contributed by atoms with E-state index in [0.717, 1.165) is 48.3 Å². The topological polar surface area (TPSA) is 56.7 Å². The van der Waals surface area contributed by atoms with Crippen molar-refractivity contribution in [3.8, 4) is 17.2 Å². The first-order valence-corrected chi connectivity index (χ1v) is 9.12. The van der Waals surface area contributed by atoms with E-state index in [1.54, 1.807) is 20.4 Å². The summed E-state index contributed by atoms with van der Waals surface area (Å²) < 4.78 is 17.0. The molecule has 0 saturated carbocycles. The fourth-order valence-corrected chi connectivity index (χ4v) is 3.55. The molecule has 1 saturated heterocycles. The maximum atomic E-state index is 6.17. The molecule has 4 rings (SSSR count). The number of benzene rings is 2. The first kappa shape index (κ1) is 17.4. The SMILES string of the molecule is COc1cc2cnnc(N3CCCC(Oc4ccccc4)C3)c2cc1OC. The molecule has 0 aliphatic carbocycles. The minimum atomic E-state index is 0.123. The lowest BCUT2D eigenvalue weighted by molar-refractivity contribution is 0.179. The number of nitrogens with zero attached hydrogens (tertiary/aromatic N) is 3. The van der Waals surface area contributed by atoms with Crippen LogP contribution in [0.15, 0.2) is 48.7 Å². The summed E-state index contributed by atoms with van der Waals surface area (Å²) >= 11 is 0. The highest BCUT2D eigenvalue weighted by atomic mass is 16.5. The molecule has 0 spiro atoms. The summed E-state index contributed by atoms with van der Waals surface area (Å²) in [6.45, 7) is 1.70. The second-order valence-electron chi connectivity index (χ2n) is 6.60. The van der Waals surface area contributed by atoms with Gasteiger partial charge < -0.3 is 19.1 Å². The highest BCUT2D eigenvalue weighted by Crippen LogP contribution is 2.36. The van der Waals surface area contributed by atoms with E-state index >= 15 is 0 Å². The van der Waals surface area contributed by atoms with E-state index < -0.39 is 0 Å². The van der Waals surface area contributed by atoms with Crippen molar-refractivity contribution in [1.82, 2.24) is 10.2 Å². The Labute approximate surface area is 158 Å². The van der Waals surface area contributed by atoms with Crippen molar-refractivity contribution in [3.63, 3.8) is 0 Å². The van der Waals surface area contributed by atoms with Crippen molar-refractivity contribution >= 4 is 16.6 Å². The molecule has 2 aromatic carbocycles. The molecule has 0 radical (unpaired) electrons. The summed E-state index contributed by atoms with van der Waals surface area (Å²) in [6, 6.07) is 13.9. The van der Waals surface area contributed by atoms with Crippen LogP contribution in [0, 0.1) is 0 Å². The van der Waals surface area contributed by atoms with Crippen LogP contribution in [0.5, 0.6) is 17.2 Å². The molecule has 140 valence electrons. The molecule has 1 aliphatic rings. The van der Waals surface area contributed by atoms with Gasteiger partial charge in [-0.1, -0.05) is 18.2 Å². The van der Waals surface area contributed by atoms with Crippen LogP contribution in [0.1, 0.15) is 12.8 Å². The van der Waals surface area contributed by atoms with Gasteiger partial charge in [-0.2, -0.15) is 5.10 Å². The Morgan fingerprint density at radius 2 is 1.81 bits per heavy atom. The lowest BCUT2D eigenvalue weighted by atomic mass is 10.1. The molecule has 1 fully saturated rings. The Hall–Kier alpha value is -3.02. The van der Waals surface area contributed by atoms with Gasteiger partial charge in [0.2, 0.25) is 0 Å². The number of fused-ring (bicyclic) bond motifs is 1. The van der Waals surface area contributed by atoms with E-state index in [1.165, 1.54) is 0 Å². The molecule has 27 heavy (non-hydrogen) atoms. The average Bonchev–Trinajstić information content (AvgIpc) is 2.73. The molecule has 1 atom stereocenters. The Morgan fingerprint density at radius 3 is 2.59 bits per heavy atom. The number of methoxy groups -OCH3 is 2. The normalized spacial score (nSPS) is 17.0. The third-order valence-electron chi connectivity index (χ3n) is 4.87. The third kappa shape index (κ3) is 3.60. The number of para-hydroxylation sites is 1. The lowest BCUT2D eigenvalue weighted by Gasteiger charge is -2.34. The van der Waals surface area contributed by atoms with E-state index in [-0.39, 0.29) is 6.10 Å². The van der Waals surface area contributed by atoms with Crippen LogP contribution >= 0.6 is 0 Å². The summed E-state index contributed by atoms with van der Waals surface area (Å²) in [4.78, 5) is 2.25. The average molecular weight is 365 g/mol. The lowest BCUT2D eigenvalue weighted by Crippen LogP contribution is -2.41. The van der Waals surface area contributed by atoms with Gasteiger partial charge in [-0.15, -0.1) is 5.10 Å². The van der Waals surface area contributed by atoms with Gasteiger partial charge in [-0.3, -0.25) is 0 Å². The highest BCUT2D eigenvalue weighted by molar-refractivity contribution is 5.94. The zero-order valence-corrected chi connectivity index (χ0v) is 15.6.